The molecule has 3 N–H and O–H groups in total. The Labute approximate surface area is 171 Å². The summed E-state index contributed by atoms with van der Waals surface area (Å²) in [6.45, 7) is 2.82. The Hall–Kier alpha value is -1.27. The van der Waals surface area contributed by atoms with Gasteiger partial charge in [0.15, 0.2) is 17.5 Å². The molecule has 1 atom stereocenters. The van der Waals surface area contributed by atoms with Gasteiger partial charge in [-0.3, -0.25) is 4.99 Å². The molecular formula is C16H25IN4O4S. The van der Waals surface area contributed by atoms with Crippen LogP contribution in [0.3, 0.4) is 0 Å². The number of hydrogen-bond acceptors (Lipinski definition) is 5. The standard InChI is InChI=1S/C16H24N4O4S.HI/c1-25(21,22)20-6-5-12(11-20)10-18-16(17)19-13-3-4-14-15(9-13)24-8-2-7-23-14;/h3-4,9,12H,2,5-8,10-11H2,1H3,(H3,17,18,19);1H. The van der Waals surface area contributed by atoms with Gasteiger partial charge < -0.3 is 20.5 Å². The van der Waals surface area contributed by atoms with Gasteiger partial charge in [-0.25, -0.2) is 12.7 Å². The SMILES string of the molecule is CS(=O)(=O)N1CCC(CN=C(N)Nc2ccc3c(c2)OCCCO3)C1.I. The van der Waals surface area contributed by atoms with Gasteiger partial charge in [-0.1, -0.05) is 0 Å². The van der Waals surface area contributed by atoms with E-state index in [2.05, 4.69) is 10.3 Å². The highest BCUT2D eigenvalue weighted by molar-refractivity contribution is 14.0. The van der Waals surface area contributed by atoms with Crippen LogP contribution in [0.1, 0.15) is 12.8 Å². The van der Waals surface area contributed by atoms with Gasteiger partial charge >= 0.3 is 0 Å². The van der Waals surface area contributed by atoms with E-state index in [4.69, 9.17) is 15.2 Å². The van der Waals surface area contributed by atoms with Crippen LogP contribution in [0, 0.1) is 5.92 Å². The predicted octanol–water partition coefficient (Wildman–Crippen LogP) is 1.47. The van der Waals surface area contributed by atoms with Crippen molar-refractivity contribution in [1.29, 1.82) is 0 Å². The van der Waals surface area contributed by atoms with Crippen molar-refractivity contribution in [2.45, 2.75) is 12.8 Å². The van der Waals surface area contributed by atoms with Crippen molar-refractivity contribution in [2.75, 3.05) is 44.4 Å². The average Bonchev–Trinajstić information content (AvgIpc) is 2.92. The molecule has 0 saturated carbocycles. The molecule has 0 bridgehead atoms. The summed E-state index contributed by atoms with van der Waals surface area (Å²) < 4.78 is 35.8. The normalized spacial score (nSPS) is 21.0. The van der Waals surface area contributed by atoms with Crippen molar-refractivity contribution in [3.05, 3.63) is 18.2 Å². The highest BCUT2D eigenvalue weighted by atomic mass is 127. The molecule has 1 unspecified atom stereocenters. The van der Waals surface area contributed by atoms with Crippen molar-refractivity contribution >= 4 is 45.6 Å². The van der Waals surface area contributed by atoms with Gasteiger partial charge in [0.1, 0.15) is 0 Å². The number of nitrogens with one attached hydrogen (secondary N) is 1. The molecule has 1 saturated heterocycles. The van der Waals surface area contributed by atoms with Crippen molar-refractivity contribution in [1.82, 2.24) is 4.31 Å². The fourth-order valence-corrected chi connectivity index (χ4v) is 3.82. The molecule has 1 aromatic rings. The molecular weight excluding hydrogens is 471 g/mol. The monoisotopic (exact) mass is 496 g/mol. The first-order valence-corrected chi connectivity index (χ1v) is 10.2. The third-order valence-corrected chi connectivity index (χ3v) is 5.53. The second-order valence-electron chi connectivity index (χ2n) is 6.34. The van der Waals surface area contributed by atoms with E-state index in [-0.39, 0.29) is 29.9 Å². The third kappa shape index (κ3) is 5.61. The maximum absolute atomic E-state index is 11.5. The zero-order chi connectivity index (χ0) is 17.9. The Morgan fingerprint density at radius 1 is 1.35 bits per heavy atom. The molecule has 0 aromatic heterocycles. The Bertz CT molecular complexity index is 757. The van der Waals surface area contributed by atoms with Crippen LogP contribution in [0.15, 0.2) is 23.2 Å². The van der Waals surface area contributed by atoms with Crippen molar-refractivity contribution in [3.8, 4) is 11.5 Å². The maximum atomic E-state index is 11.5. The van der Waals surface area contributed by atoms with Gasteiger partial charge in [-0.15, -0.1) is 24.0 Å². The molecule has 2 aliphatic rings. The minimum absolute atomic E-state index is 0. The summed E-state index contributed by atoms with van der Waals surface area (Å²) >= 11 is 0. The van der Waals surface area contributed by atoms with Crippen LogP contribution in [0.4, 0.5) is 5.69 Å². The van der Waals surface area contributed by atoms with E-state index in [1.165, 1.54) is 10.6 Å². The summed E-state index contributed by atoms with van der Waals surface area (Å²) in [5.74, 6) is 1.91. The van der Waals surface area contributed by atoms with Crippen LogP contribution in [0.5, 0.6) is 11.5 Å². The number of ether oxygens (including phenoxy) is 2. The van der Waals surface area contributed by atoms with Crippen LogP contribution in [0.25, 0.3) is 0 Å². The van der Waals surface area contributed by atoms with E-state index in [0.29, 0.717) is 44.6 Å². The molecule has 1 aromatic carbocycles. The fourth-order valence-electron chi connectivity index (χ4n) is 2.90. The number of benzene rings is 1. The second kappa shape index (κ2) is 9.09. The molecule has 0 aliphatic carbocycles. The van der Waals surface area contributed by atoms with Crippen LogP contribution in [0.2, 0.25) is 0 Å². The Morgan fingerprint density at radius 2 is 2.08 bits per heavy atom. The summed E-state index contributed by atoms with van der Waals surface area (Å²) in [5.41, 5.74) is 6.72. The quantitative estimate of drug-likeness (QED) is 0.372. The van der Waals surface area contributed by atoms with Crippen molar-refractivity contribution in [3.63, 3.8) is 0 Å². The van der Waals surface area contributed by atoms with Gasteiger partial charge in [0, 0.05) is 37.8 Å². The predicted molar refractivity (Wildman–Crippen MR) is 112 cm³/mol. The molecule has 0 radical (unpaired) electrons. The lowest BCUT2D eigenvalue weighted by atomic mass is 10.1. The van der Waals surface area contributed by atoms with E-state index in [9.17, 15) is 8.42 Å². The first-order valence-electron chi connectivity index (χ1n) is 8.33. The summed E-state index contributed by atoms with van der Waals surface area (Å²) in [5, 5.41) is 3.04. The highest BCUT2D eigenvalue weighted by Gasteiger charge is 2.28. The molecule has 146 valence electrons. The second-order valence-corrected chi connectivity index (χ2v) is 8.32. The zero-order valence-electron chi connectivity index (χ0n) is 14.7. The lowest BCUT2D eigenvalue weighted by Crippen LogP contribution is -2.28. The summed E-state index contributed by atoms with van der Waals surface area (Å²) in [7, 11) is -3.12. The van der Waals surface area contributed by atoms with Gasteiger partial charge in [0.25, 0.3) is 0 Å². The number of anilines is 1. The average molecular weight is 496 g/mol. The number of rotatable bonds is 4. The van der Waals surface area contributed by atoms with Gasteiger partial charge in [0.05, 0.1) is 19.5 Å². The largest absolute Gasteiger partial charge is 0.490 e. The lowest BCUT2D eigenvalue weighted by molar-refractivity contribution is 0.297. The first-order chi connectivity index (χ1) is 11.9. The van der Waals surface area contributed by atoms with Crippen molar-refractivity contribution < 1.29 is 17.9 Å². The topological polar surface area (TPSA) is 106 Å². The maximum Gasteiger partial charge on any atom is 0.211 e. The third-order valence-electron chi connectivity index (χ3n) is 4.26. The van der Waals surface area contributed by atoms with E-state index in [1.54, 1.807) is 0 Å². The molecule has 10 heteroatoms. The fraction of sp³-hybridized carbons (Fsp3) is 0.562. The summed E-state index contributed by atoms with van der Waals surface area (Å²) in [6.07, 6.45) is 2.89. The van der Waals surface area contributed by atoms with Gasteiger partial charge in [-0.2, -0.15) is 0 Å². The summed E-state index contributed by atoms with van der Waals surface area (Å²) in [6, 6.07) is 5.54. The van der Waals surface area contributed by atoms with E-state index >= 15 is 0 Å². The van der Waals surface area contributed by atoms with Crippen LogP contribution < -0.4 is 20.5 Å². The van der Waals surface area contributed by atoms with E-state index in [0.717, 1.165) is 24.3 Å². The van der Waals surface area contributed by atoms with E-state index < -0.39 is 10.0 Å². The number of sulfonamides is 1. The number of hydrogen-bond donors (Lipinski definition) is 2. The first kappa shape index (κ1) is 21.0. The molecule has 26 heavy (non-hydrogen) atoms. The van der Waals surface area contributed by atoms with Gasteiger partial charge in [-0.05, 0) is 24.5 Å². The van der Waals surface area contributed by atoms with Crippen LogP contribution in [-0.4, -0.2) is 57.8 Å². The number of nitrogens with two attached hydrogens (primary N) is 1. The molecule has 2 heterocycles. The summed E-state index contributed by atoms with van der Waals surface area (Å²) in [4.78, 5) is 4.34. The highest BCUT2D eigenvalue weighted by Crippen LogP contribution is 2.32. The molecule has 0 spiro atoms. The number of halogens is 1. The number of guanidine groups is 1. The molecule has 2 aliphatic heterocycles. The Balaban J connectivity index is 0.00000243. The lowest BCUT2D eigenvalue weighted by Gasteiger charge is -2.13. The zero-order valence-corrected chi connectivity index (χ0v) is 17.8. The van der Waals surface area contributed by atoms with Crippen molar-refractivity contribution in [2.24, 2.45) is 16.6 Å². The smallest absolute Gasteiger partial charge is 0.211 e. The minimum Gasteiger partial charge on any atom is -0.490 e. The molecule has 3 rings (SSSR count). The van der Waals surface area contributed by atoms with Gasteiger partial charge in [0.2, 0.25) is 10.0 Å². The number of fused-ring (bicyclic) bond motifs is 1. The van der Waals surface area contributed by atoms with Crippen LogP contribution >= 0.6 is 24.0 Å². The minimum atomic E-state index is -3.12. The number of aliphatic imine (C=N–C) groups is 1. The molecule has 8 nitrogen and oxygen atoms in total. The van der Waals surface area contributed by atoms with E-state index in [1.807, 2.05) is 18.2 Å². The Kier molecular flexibility index (Phi) is 7.35. The van der Waals surface area contributed by atoms with Crippen LogP contribution in [-0.2, 0) is 10.0 Å². The molecule has 1 fully saturated rings. The Morgan fingerprint density at radius 3 is 2.77 bits per heavy atom. The number of nitrogens with zero attached hydrogens (tertiary/aromatic N) is 2. The molecule has 0 amide bonds.